The highest BCUT2D eigenvalue weighted by Crippen LogP contribution is 2.17. The number of hydrogen-bond acceptors (Lipinski definition) is 2. The number of unbranched alkanes of at least 4 members (excludes halogenated alkanes) is 9. The number of carbonyl (C=O) groups is 2. The molecule has 0 atom stereocenters. The van der Waals surface area contributed by atoms with E-state index in [9.17, 15) is 9.59 Å². The lowest BCUT2D eigenvalue weighted by Crippen LogP contribution is -2.45. The Balaban J connectivity index is 1.89. The molecule has 0 aromatic rings. The lowest BCUT2D eigenvalue weighted by Gasteiger charge is -2.22. The molecule has 0 aromatic carbocycles. The van der Waals surface area contributed by atoms with Crippen LogP contribution in [-0.4, -0.2) is 24.4 Å². The zero-order chi connectivity index (χ0) is 17.5. The van der Waals surface area contributed by atoms with Crippen LogP contribution in [0, 0.1) is 0 Å². The van der Waals surface area contributed by atoms with Gasteiger partial charge in [0.05, 0.1) is 0 Å². The second kappa shape index (κ2) is 14.3. The molecule has 0 saturated heterocycles. The molecule has 1 fully saturated rings. The van der Waals surface area contributed by atoms with Crippen molar-refractivity contribution in [1.29, 1.82) is 0 Å². The van der Waals surface area contributed by atoms with Gasteiger partial charge in [-0.25, -0.2) is 0 Å². The van der Waals surface area contributed by atoms with Crippen LogP contribution in [0.5, 0.6) is 0 Å². The van der Waals surface area contributed by atoms with Crippen molar-refractivity contribution < 1.29 is 9.59 Å². The molecular formula is C20H38N2O2. The van der Waals surface area contributed by atoms with Gasteiger partial charge in [-0.3, -0.25) is 9.59 Å². The third kappa shape index (κ3) is 10.7. The van der Waals surface area contributed by atoms with Gasteiger partial charge < -0.3 is 10.6 Å². The van der Waals surface area contributed by atoms with E-state index in [0.29, 0.717) is 6.54 Å². The average molecular weight is 339 g/mol. The largest absolute Gasteiger partial charge is 0.348 e. The van der Waals surface area contributed by atoms with Crippen LogP contribution in [0.2, 0.25) is 0 Å². The van der Waals surface area contributed by atoms with Gasteiger partial charge in [0.1, 0.15) is 0 Å². The van der Waals surface area contributed by atoms with Crippen LogP contribution in [0.15, 0.2) is 0 Å². The van der Waals surface area contributed by atoms with Gasteiger partial charge in [0.15, 0.2) is 0 Å². The van der Waals surface area contributed by atoms with Crippen molar-refractivity contribution in [2.45, 2.75) is 109 Å². The van der Waals surface area contributed by atoms with Gasteiger partial charge in [-0.05, 0) is 19.3 Å². The van der Waals surface area contributed by atoms with E-state index in [4.69, 9.17) is 0 Å². The monoisotopic (exact) mass is 338 g/mol. The van der Waals surface area contributed by atoms with Crippen LogP contribution >= 0.6 is 0 Å². The van der Waals surface area contributed by atoms with Gasteiger partial charge in [-0.15, -0.1) is 0 Å². The fourth-order valence-electron chi connectivity index (χ4n) is 3.39. The Morgan fingerprint density at radius 3 is 1.88 bits per heavy atom. The summed E-state index contributed by atoms with van der Waals surface area (Å²) in [4.78, 5) is 23.6. The number of carbonyl (C=O) groups excluding carboxylic acids is 2. The molecule has 1 aliphatic carbocycles. The normalized spacial score (nSPS) is 15.2. The first-order chi connectivity index (χ1) is 11.7. The smallest absolute Gasteiger partial charge is 0.309 e. The fourth-order valence-corrected chi connectivity index (χ4v) is 3.39. The van der Waals surface area contributed by atoms with Gasteiger partial charge in [0.2, 0.25) is 0 Å². The molecule has 1 saturated carbocycles. The topological polar surface area (TPSA) is 58.2 Å². The summed E-state index contributed by atoms with van der Waals surface area (Å²) in [6.07, 6.45) is 18.3. The average Bonchev–Trinajstić information content (AvgIpc) is 2.60. The number of nitrogens with one attached hydrogen (secondary N) is 2. The van der Waals surface area contributed by atoms with E-state index in [1.54, 1.807) is 0 Å². The van der Waals surface area contributed by atoms with Crippen molar-refractivity contribution in [2.24, 2.45) is 0 Å². The molecule has 0 heterocycles. The Labute approximate surface area is 148 Å². The van der Waals surface area contributed by atoms with Crippen molar-refractivity contribution in [3.05, 3.63) is 0 Å². The van der Waals surface area contributed by atoms with E-state index in [-0.39, 0.29) is 6.04 Å². The third-order valence-corrected chi connectivity index (χ3v) is 4.96. The van der Waals surface area contributed by atoms with E-state index >= 15 is 0 Å². The molecule has 0 aromatic heterocycles. The summed E-state index contributed by atoms with van der Waals surface area (Å²) in [5.74, 6) is -0.912. The second-order valence-corrected chi connectivity index (χ2v) is 7.25. The second-order valence-electron chi connectivity index (χ2n) is 7.25. The molecule has 0 spiro atoms. The van der Waals surface area contributed by atoms with E-state index in [1.165, 1.54) is 57.8 Å². The lowest BCUT2D eigenvalue weighted by molar-refractivity contribution is -0.139. The van der Waals surface area contributed by atoms with Gasteiger partial charge in [0.25, 0.3) is 0 Å². The third-order valence-electron chi connectivity index (χ3n) is 4.96. The predicted molar refractivity (Wildman–Crippen MR) is 99.9 cm³/mol. The Hall–Kier alpha value is -1.06. The molecule has 2 amide bonds. The summed E-state index contributed by atoms with van der Waals surface area (Å²) in [7, 11) is 0. The van der Waals surface area contributed by atoms with Crippen molar-refractivity contribution >= 4 is 11.8 Å². The molecule has 24 heavy (non-hydrogen) atoms. The van der Waals surface area contributed by atoms with Crippen molar-refractivity contribution in [2.75, 3.05) is 6.54 Å². The maximum Gasteiger partial charge on any atom is 0.309 e. The molecule has 0 unspecified atom stereocenters. The van der Waals surface area contributed by atoms with Crippen molar-refractivity contribution in [3.63, 3.8) is 0 Å². The first-order valence-electron chi connectivity index (χ1n) is 10.3. The quantitative estimate of drug-likeness (QED) is 0.407. The molecule has 4 heteroatoms. The summed E-state index contributed by atoms with van der Waals surface area (Å²) >= 11 is 0. The van der Waals surface area contributed by atoms with Gasteiger partial charge >= 0.3 is 11.8 Å². The minimum absolute atomic E-state index is 0.203. The highest BCUT2D eigenvalue weighted by Gasteiger charge is 2.19. The van der Waals surface area contributed by atoms with Gasteiger partial charge in [-0.1, -0.05) is 84.0 Å². The molecule has 1 aliphatic rings. The van der Waals surface area contributed by atoms with Crippen molar-refractivity contribution in [1.82, 2.24) is 10.6 Å². The summed E-state index contributed by atoms with van der Waals surface area (Å²) in [5, 5.41) is 5.60. The van der Waals surface area contributed by atoms with Crippen LogP contribution < -0.4 is 10.6 Å². The molecule has 0 radical (unpaired) electrons. The highest BCUT2D eigenvalue weighted by atomic mass is 16.2. The van der Waals surface area contributed by atoms with E-state index < -0.39 is 11.8 Å². The molecule has 140 valence electrons. The first kappa shape index (κ1) is 21.0. The van der Waals surface area contributed by atoms with Crippen LogP contribution in [0.25, 0.3) is 0 Å². The SMILES string of the molecule is CCCCCCCCCCCCNC(=O)C(=O)NC1CCCCC1. The molecule has 4 nitrogen and oxygen atoms in total. The van der Waals surface area contributed by atoms with Crippen LogP contribution in [0.4, 0.5) is 0 Å². The van der Waals surface area contributed by atoms with E-state index in [2.05, 4.69) is 17.6 Å². The maximum atomic E-state index is 11.8. The number of rotatable bonds is 12. The van der Waals surface area contributed by atoms with E-state index in [1.807, 2.05) is 0 Å². The van der Waals surface area contributed by atoms with Gasteiger partial charge in [-0.2, -0.15) is 0 Å². The van der Waals surface area contributed by atoms with Crippen LogP contribution in [-0.2, 0) is 9.59 Å². The summed E-state index contributed by atoms with van der Waals surface area (Å²) in [6, 6.07) is 0.203. The summed E-state index contributed by atoms with van der Waals surface area (Å²) < 4.78 is 0. The van der Waals surface area contributed by atoms with Crippen molar-refractivity contribution in [3.8, 4) is 0 Å². The Morgan fingerprint density at radius 1 is 0.750 bits per heavy atom. The van der Waals surface area contributed by atoms with Crippen LogP contribution in [0.3, 0.4) is 0 Å². The van der Waals surface area contributed by atoms with E-state index in [0.717, 1.165) is 38.5 Å². The number of hydrogen-bond donors (Lipinski definition) is 2. The first-order valence-corrected chi connectivity index (χ1v) is 10.3. The minimum atomic E-state index is -0.462. The molecule has 0 bridgehead atoms. The zero-order valence-electron chi connectivity index (χ0n) is 15.7. The minimum Gasteiger partial charge on any atom is -0.348 e. The molecule has 2 N–H and O–H groups in total. The number of amides is 2. The molecule has 1 rings (SSSR count). The Morgan fingerprint density at radius 2 is 1.29 bits per heavy atom. The molecule has 0 aliphatic heterocycles. The Kier molecular flexibility index (Phi) is 12.5. The fraction of sp³-hybridized carbons (Fsp3) is 0.900. The zero-order valence-corrected chi connectivity index (χ0v) is 15.7. The summed E-state index contributed by atoms with van der Waals surface area (Å²) in [5.41, 5.74) is 0. The molecular weight excluding hydrogens is 300 g/mol. The predicted octanol–water partition coefficient (Wildman–Crippen LogP) is 4.47. The maximum absolute atomic E-state index is 11.8. The standard InChI is InChI=1S/C20H38N2O2/c1-2-3-4-5-6-7-8-9-10-14-17-21-19(23)20(24)22-18-15-12-11-13-16-18/h18H,2-17H2,1H3,(H,21,23)(H,22,24). The highest BCUT2D eigenvalue weighted by molar-refractivity contribution is 6.35. The lowest BCUT2D eigenvalue weighted by atomic mass is 9.95. The van der Waals surface area contributed by atoms with Crippen LogP contribution in [0.1, 0.15) is 103 Å². The van der Waals surface area contributed by atoms with Gasteiger partial charge in [0, 0.05) is 12.6 Å². The Bertz CT molecular complexity index is 339. The summed E-state index contributed by atoms with van der Waals surface area (Å²) in [6.45, 7) is 2.87.